The van der Waals surface area contributed by atoms with Crippen LogP contribution in [0, 0.1) is 11.3 Å². The van der Waals surface area contributed by atoms with E-state index in [0.717, 1.165) is 11.1 Å². The van der Waals surface area contributed by atoms with Crippen LogP contribution >= 0.6 is 0 Å². The summed E-state index contributed by atoms with van der Waals surface area (Å²) in [5.41, 5.74) is 2.91. The smallest absolute Gasteiger partial charge is 0.220 e. The van der Waals surface area contributed by atoms with Crippen LogP contribution in [0.1, 0.15) is 23.6 Å². The molecule has 0 aliphatic carbocycles. The molecule has 1 aromatic rings. The molecule has 1 heterocycles. The standard InChI is InChI=1S/C11H10N2O/c1-8(14)13-6-10-3-2-9(5-12)4-11(10)7-13/h2-4H,6-7H2,1H3. The third-order valence-corrected chi connectivity index (χ3v) is 2.50. The Morgan fingerprint density at radius 3 is 2.79 bits per heavy atom. The van der Waals surface area contributed by atoms with Crippen molar-refractivity contribution in [3.05, 3.63) is 34.9 Å². The van der Waals surface area contributed by atoms with Crippen LogP contribution in [0.15, 0.2) is 18.2 Å². The lowest BCUT2D eigenvalue weighted by Gasteiger charge is -2.10. The van der Waals surface area contributed by atoms with Gasteiger partial charge in [0.05, 0.1) is 11.6 Å². The SMILES string of the molecule is CC(=O)N1Cc2ccc(C#N)cc2C1. The van der Waals surface area contributed by atoms with E-state index in [1.165, 1.54) is 0 Å². The summed E-state index contributed by atoms with van der Waals surface area (Å²) in [5, 5.41) is 8.71. The molecule has 0 radical (unpaired) electrons. The molecule has 0 aromatic heterocycles. The topological polar surface area (TPSA) is 44.1 Å². The van der Waals surface area contributed by atoms with Crippen LogP contribution in [-0.2, 0) is 17.9 Å². The molecule has 1 aliphatic rings. The highest BCUT2D eigenvalue weighted by Gasteiger charge is 2.20. The predicted octanol–water partition coefficient (Wildman–Crippen LogP) is 1.42. The van der Waals surface area contributed by atoms with Gasteiger partial charge >= 0.3 is 0 Å². The minimum Gasteiger partial charge on any atom is -0.334 e. The van der Waals surface area contributed by atoms with Gasteiger partial charge in [0.2, 0.25) is 5.91 Å². The highest BCUT2D eigenvalue weighted by Crippen LogP contribution is 2.23. The number of nitriles is 1. The van der Waals surface area contributed by atoms with E-state index in [4.69, 9.17) is 5.26 Å². The van der Waals surface area contributed by atoms with E-state index < -0.39 is 0 Å². The van der Waals surface area contributed by atoms with Crippen LogP contribution in [0.25, 0.3) is 0 Å². The van der Waals surface area contributed by atoms with Gasteiger partial charge in [0.1, 0.15) is 0 Å². The molecule has 0 bridgehead atoms. The summed E-state index contributed by atoms with van der Waals surface area (Å²) >= 11 is 0. The Kier molecular flexibility index (Phi) is 1.97. The van der Waals surface area contributed by atoms with Crippen molar-refractivity contribution in [2.45, 2.75) is 20.0 Å². The molecule has 1 aromatic carbocycles. The van der Waals surface area contributed by atoms with E-state index in [9.17, 15) is 4.79 Å². The Balaban J connectivity index is 2.32. The van der Waals surface area contributed by atoms with Crippen molar-refractivity contribution in [1.82, 2.24) is 4.90 Å². The summed E-state index contributed by atoms with van der Waals surface area (Å²) in [7, 11) is 0. The van der Waals surface area contributed by atoms with Gasteiger partial charge in [-0.2, -0.15) is 5.26 Å². The minimum atomic E-state index is 0.0831. The number of amides is 1. The van der Waals surface area contributed by atoms with Gasteiger partial charge in [0.15, 0.2) is 0 Å². The third-order valence-electron chi connectivity index (χ3n) is 2.50. The Morgan fingerprint density at radius 2 is 2.14 bits per heavy atom. The van der Waals surface area contributed by atoms with E-state index in [-0.39, 0.29) is 5.91 Å². The molecule has 0 atom stereocenters. The van der Waals surface area contributed by atoms with Crippen LogP contribution in [0.2, 0.25) is 0 Å². The van der Waals surface area contributed by atoms with Crippen molar-refractivity contribution in [3.8, 4) is 6.07 Å². The van der Waals surface area contributed by atoms with Crippen molar-refractivity contribution >= 4 is 5.91 Å². The molecule has 14 heavy (non-hydrogen) atoms. The lowest BCUT2D eigenvalue weighted by atomic mass is 10.1. The molecule has 0 unspecified atom stereocenters. The predicted molar refractivity (Wildman–Crippen MR) is 51.1 cm³/mol. The summed E-state index contributed by atoms with van der Waals surface area (Å²) in [5.74, 6) is 0.0831. The molecule has 0 fully saturated rings. The molecule has 0 saturated heterocycles. The molecule has 3 nitrogen and oxygen atoms in total. The lowest BCUT2D eigenvalue weighted by Crippen LogP contribution is -2.21. The van der Waals surface area contributed by atoms with E-state index in [0.29, 0.717) is 18.7 Å². The highest BCUT2D eigenvalue weighted by atomic mass is 16.2. The quantitative estimate of drug-likeness (QED) is 0.615. The normalized spacial score (nSPS) is 13.6. The third kappa shape index (κ3) is 1.35. The van der Waals surface area contributed by atoms with Crippen LogP contribution < -0.4 is 0 Å². The zero-order valence-corrected chi connectivity index (χ0v) is 7.95. The lowest BCUT2D eigenvalue weighted by molar-refractivity contribution is -0.129. The number of carbonyl (C=O) groups is 1. The Labute approximate surface area is 82.6 Å². The molecule has 2 rings (SSSR count). The average molecular weight is 186 g/mol. The maximum Gasteiger partial charge on any atom is 0.220 e. The maximum atomic E-state index is 11.1. The van der Waals surface area contributed by atoms with Gasteiger partial charge in [-0.1, -0.05) is 6.07 Å². The fourth-order valence-corrected chi connectivity index (χ4v) is 1.69. The van der Waals surface area contributed by atoms with E-state index in [1.807, 2.05) is 12.1 Å². The number of carbonyl (C=O) groups excluding carboxylic acids is 1. The van der Waals surface area contributed by atoms with E-state index in [2.05, 4.69) is 6.07 Å². The second kappa shape index (κ2) is 3.15. The first-order valence-electron chi connectivity index (χ1n) is 4.48. The fourth-order valence-electron chi connectivity index (χ4n) is 1.69. The molecule has 3 heteroatoms. The number of fused-ring (bicyclic) bond motifs is 1. The van der Waals surface area contributed by atoms with Gasteiger partial charge in [-0.25, -0.2) is 0 Å². The van der Waals surface area contributed by atoms with Crippen molar-refractivity contribution < 1.29 is 4.79 Å². The summed E-state index contributed by atoms with van der Waals surface area (Å²) < 4.78 is 0. The van der Waals surface area contributed by atoms with Crippen molar-refractivity contribution in [2.24, 2.45) is 0 Å². The van der Waals surface area contributed by atoms with E-state index >= 15 is 0 Å². The first kappa shape index (κ1) is 8.76. The fraction of sp³-hybridized carbons (Fsp3) is 0.273. The van der Waals surface area contributed by atoms with Crippen LogP contribution in [0.5, 0.6) is 0 Å². The average Bonchev–Trinajstić information content (AvgIpc) is 2.59. The van der Waals surface area contributed by atoms with Gasteiger partial charge in [-0.3, -0.25) is 4.79 Å². The van der Waals surface area contributed by atoms with Crippen molar-refractivity contribution in [1.29, 1.82) is 5.26 Å². The Hall–Kier alpha value is -1.82. The molecule has 0 saturated carbocycles. The second-order valence-electron chi connectivity index (χ2n) is 3.47. The van der Waals surface area contributed by atoms with Gasteiger partial charge in [0.25, 0.3) is 0 Å². The largest absolute Gasteiger partial charge is 0.334 e. The summed E-state index contributed by atoms with van der Waals surface area (Å²) in [6.45, 7) is 2.88. The maximum absolute atomic E-state index is 11.1. The van der Waals surface area contributed by atoms with Crippen LogP contribution in [0.4, 0.5) is 0 Å². The van der Waals surface area contributed by atoms with Gasteiger partial charge in [-0.15, -0.1) is 0 Å². The molecular weight excluding hydrogens is 176 g/mol. The monoisotopic (exact) mass is 186 g/mol. The summed E-state index contributed by atoms with van der Waals surface area (Å²) in [4.78, 5) is 12.9. The molecule has 1 aliphatic heterocycles. The van der Waals surface area contributed by atoms with Gasteiger partial charge in [0, 0.05) is 20.0 Å². The highest BCUT2D eigenvalue weighted by molar-refractivity contribution is 5.74. The molecule has 1 amide bonds. The van der Waals surface area contributed by atoms with Gasteiger partial charge in [-0.05, 0) is 23.3 Å². The molecule has 0 N–H and O–H groups in total. The molecular formula is C11H10N2O. The number of rotatable bonds is 0. The van der Waals surface area contributed by atoms with Crippen LogP contribution in [-0.4, -0.2) is 10.8 Å². The summed E-state index contributed by atoms with van der Waals surface area (Å²) in [6.07, 6.45) is 0. The summed E-state index contributed by atoms with van der Waals surface area (Å²) in [6, 6.07) is 7.68. The molecule has 70 valence electrons. The van der Waals surface area contributed by atoms with E-state index in [1.54, 1.807) is 17.9 Å². The van der Waals surface area contributed by atoms with Crippen LogP contribution in [0.3, 0.4) is 0 Å². The Morgan fingerprint density at radius 1 is 1.43 bits per heavy atom. The zero-order valence-electron chi connectivity index (χ0n) is 7.95. The number of hydrogen-bond acceptors (Lipinski definition) is 2. The molecule has 0 spiro atoms. The Bertz CT molecular complexity index is 431. The second-order valence-corrected chi connectivity index (χ2v) is 3.47. The first-order chi connectivity index (χ1) is 6.70. The van der Waals surface area contributed by atoms with Gasteiger partial charge < -0.3 is 4.90 Å². The van der Waals surface area contributed by atoms with Crippen molar-refractivity contribution in [2.75, 3.05) is 0 Å². The number of benzene rings is 1. The minimum absolute atomic E-state index is 0.0831. The first-order valence-corrected chi connectivity index (χ1v) is 4.48. The number of hydrogen-bond donors (Lipinski definition) is 0. The number of nitrogens with zero attached hydrogens (tertiary/aromatic N) is 2. The van der Waals surface area contributed by atoms with Crippen molar-refractivity contribution in [3.63, 3.8) is 0 Å². The zero-order chi connectivity index (χ0) is 10.1.